The predicted octanol–water partition coefficient (Wildman–Crippen LogP) is 3.14. The van der Waals surface area contributed by atoms with Gasteiger partial charge >= 0.3 is 0 Å². The lowest BCUT2D eigenvalue weighted by Crippen LogP contribution is -2.32. The van der Waals surface area contributed by atoms with Crippen LogP contribution in [0.1, 0.15) is 37.7 Å². The Bertz CT molecular complexity index is 624. The van der Waals surface area contributed by atoms with Crippen LogP contribution in [0, 0.1) is 6.92 Å². The van der Waals surface area contributed by atoms with E-state index in [1.165, 1.54) is 18.4 Å². The van der Waals surface area contributed by atoms with Crippen molar-refractivity contribution in [2.75, 3.05) is 13.1 Å². The van der Waals surface area contributed by atoms with Gasteiger partial charge in [-0.1, -0.05) is 25.0 Å². The Balaban J connectivity index is 1.65. The number of likely N-dealkylation sites (tertiary alicyclic amines) is 1. The molecule has 1 aromatic carbocycles. The largest absolute Gasteiger partial charge is 0.343 e. The van der Waals surface area contributed by atoms with E-state index < -0.39 is 0 Å². The van der Waals surface area contributed by atoms with E-state index in [0.29, 0.717) is 13.0 Å². The summed E-state index contributed by atoms with van der Waals surface area (Å²) < 4.78 is 1.96. The van der Waals surface area contributed by atoms with Gasteiger partial charge in [-0.3, -0.25) is 9.48 Å². The van der Waals surface area contributed by atoms with Crippen LogP contribution in [0.15, 0.2) is 24.4 Å². The highest BCUT2D eigenvalue weighted by molar-refractivity contribution is 5.80. The number of carbonyl (C=O) groups is 1. The van der Waals surface area contributed by atoms with Gasteiger partial charge in [0, 0.05) is 24.9 Å². The van der Waals surface area contributed by atoms with Gasteiger partial charge in [0.25, 0.3) is 0 Å². The zero-order valence-electron chi connectivity index (χ0n) is 12.7. The molecule has 1 amide bonds. The molecule has 4 nitrogen and oxygen atoms in total. The zero-order chi connectivity index (χ0) is 14.7. The Hall–Kier alpha value is -1.84. The molecular formula is C17H23N3O. The van der Waals surface area contributed by atoms with Crippen molar-refractivity contribution in [1.29, 1.82) is 0 Å². The Morgan fingerprint density at radius 1 is 1.19 bits per heavy atom. The molecule has 0 radical (unpaired) electrons. The van der Waals surface area contributed by atoms with Gasteiger partial charge in [0.05, 0.1) is 18.3 Å². The van der Waals surface area contributed by atoms with Crippen LogP contribution in [0.2, 0.25) is 0 Å². The van der Waals surface area contributed by atoms with Gasteiger partial charge in [0.1, 0.15) is 0 Å². The maximum Gasteiger partial charge on any atom is 0.224 e. The van der Waals surface area contributed by atoms with Crippen molar-refractivity contribution in [3.05, 3.63) is 30.0 Å². The molecule has 2 heterocycles. The summed E-state index contributed by atoms with van der Waals surface area (Å²) in [6, 6.07) is 6.32. The lowest BCUT2D eigenvalue weighted by Gasteiger charge is -2.20. The highest BCUT2D eigenvalue weighted by Crippen LogP contribution is 2.16. The summed E-state index contributed by atoms with van der Waals surface area (Å²) in [5.74, 6) is 0.271. The minimum Gasteiger partial charge on any atom is -0.343 e. The fraction of sp³-hybridized carbons (Fsp3) is 0.529. The fourth-order valence-corrected chi connectivity index (χ4v) is 3.04. The molecule has 2 aromatic rings. The first-order valence-electron chi connectivity index (χ1n) is 7.94. The maximum atomic E-state index is 12.3. The van der Waals surface area contributed by atoms with Crippen molar-refractivity contribution >= 4 is 16.8 Å². The first kappa shape index (κ1) is 14.1. The normalized spacial score (nSPS) is 16.1. The number of carbonyl (C=O) groups excluding carboxylic acids is 1. The molecule has 0 atom stereocenters. The van der Waals surface area contributed by atoms with Crippen LogP contribution in [0.4, 0.5) is 0 Å². The molecule has 0 saturated carbocycles. The first-order chi connectivity index (χ1) is 10.2. The Morgan fingerprint density at radius 3 is 2.71 bits per heavy atom. The Kier molecular flexibility index (Phi) is 4.23. The second kappa shape index (κ2) is 6.29. The summed E-state index contributed by atoms with van der Waals surface area (Å²) in [5.41, 5.74) is 2.35. The molecule has 1 fully saturated rings. The number of hydrogen-bond acceptors (Lipinski definition) is 2. The molecule has 3 rings (SSSR count). The van der Waals surface area contributed by atoms with Crippen molar-refractivity contribution in [1.82, 2.24) is 14.7 Å². The molecular weight excluding hydrogens is 262 g/mol. The lowest BCUT2D eigenvalue weighted by molar-refractivity contribution is -0.131. The van der Waals surface area contributed by atoms with E-state index in [-0.39, 0.29) is 5.91 Å². The number of amides is 1. The SMILES string of the molecule is Cc1ccc2cnn(CCC(=O)N3CCCCCC3)c2c1. The Morgan fingerprint density at radius 2 is 1.95 bits per heavy atom. The highest BCUT2D eigenvalue weighted by atomic mass is 16.2. The number of aromatic nitrogens is 2. The average molecular weight is 285 g/mol. The van der Waals surface area contributed by atoms with E-state index in [4.69, 9.17) is 0 Å². The van der Waals surface area contributed by atoms with Gasteiger partial charge in [0.15, 0.2) is 0 Å². The third-order valence-corrected chi connectivity index (χ3v) is 4.30. The molecule has 0 N–H and O–H groups in total. The first-order valence-corrected chi connectivity index (χ1v) is 7.94. The van der Waals surface area contributed by atoms with Crippen molar-refractivity contribution < 1.29 is 4.79 Å². The number of hydrogen-bond donors (Lipinski definition) is 0. The van der Waals surface area contributed by atoms with Gasteiger partial charge < -0.3 is 4.90 Å². The van der Waals surface area contributed by atoms with Gasteiger partial charge in [0.2, 0.25) is 5.91 Å². The quantitative estimate of drug-likeness (QED) is 0.869. The molecule has 1 aromatic heterocycles. The second-order valence-corrected chi connectivity index (χ2v) is 5.97. The molecule has 1 aliphatic rings. The van der Waals surface area contributed by atoms with E-state index in [9.17, 15) is 4.79 Å². The molecule has 1 aliphatic heterocycles. The minimum atomic E-state index is 0.271. The number of rotatable bonds is 3. The molecule has 0 bridgehead atoms. The molecule has 4 heteroatoms. The van der Waals surface area contributed by atoms with Crippen molar-refractivity contribution in [2.24, 2.45) is 0 Å². The van der Waals surface area contributed by atoms with Crippen molar-refractivity contribution in [3.63, 3.8) is 0 Å². The van der Waals surface area contributed by atoms with E-state index in [2.05, 4.69) is 30.2 Å². The summed E-state index contributed by atoms with van der Waals surface area (Å²) in [6.45, 7) is 4.61. The minimum absolute atomic E-state index is 0.271. The van der Waals surface area contributed by atoms with E-state index in [1.54, 1.807) is 0 Å². The summed E-state index contributed by atoms with van der Waals surface area (Å²) in [4.78, 5) is 14.4. The fourth-order valence-electron chi connectivity index (χ4n) is 3.04. The standard InChI is InChI=1S/C17H23N3O/c1-14-6-7-15-13-18-20(16(15)12-14)11-8-17(21)19-9-4-2-3-5-10-19/h6-7,12-13H,2-5,8-11H2,1H3. The third kappa shape index (κ3) is 3.26. The van der Waals surface area contributed by atoms with Crippen LogP contribution < -0.4 is 0 Å². The average Bonchev–Trinajstić information content (AvgIpc) is 2.71. The predicted molar refractivity (Wildman–Crippen MR) is 84.1 cm³/mol. The Labute approximate surface area is 125 Å². The molecule has 21 heavy (non-hydrogen) atoms. The van der Waals surface area contributed by atoms with Crippen LogP contribution >= 0.6 is 0 Å². The van der Waals surface area contributed by atoms with E-state index in [1.807, 2.05) is 15.8 Å². The van der Waals surface area contributed by atoms with Gasteiger partial charge in [-0.15, -0.1) is 0 Å². The van der Waals surface area contributed by atoms with Crippen LogP contribution in [0.5, 0.6) is 0 Å². The van der Waals surface area contributed by atoms with E-state index >= 15 is 0 Å². The molecule has 0 aliphatic carbocycles. The number of aryl methyl sites for hydroxylation is 2. The molecule has 1 saturated heterocycles. The third-order valence-electron chi connectivity index (χ3n) is 4.30. The zero-order valence-corrected chi connectivity index (χ0v) is 12.7. The van der Waals surface area contributed by atoms with Crippen molar-refractivity contribution in [2.45, 2.75) is 45.6 Å². The smallest absolute Gasteiger partial charge is 0.224 e. The molecule has 0 spiro atoms. The monoisotopic (exact) mass is 285 g/mol. The van der Waals surface area contributed by atoms with E-state index in [0.717, 1.165) is 36.8 Å². The number of fused-ring (bicyclic) bond motifs is 1. The van der Waals surface area contributed by atoms with Crippen LogP contribution in [0.25, 0.3) is 10.9 Å². The van der Waals surface area contributed by atoms with Crippen LogP contribution in [0.3, 0.4) is 0 Å². The van der Waals surface area contributed by atoms with Crippen LogP contribution in [-0.2, 0) is 11.3 Å². The number of benzene rings is 1. The topological polar surface area (TPSA) is 38.1 Å². The molecule has 0 unspecified atom stereocenters. The van der Waals surface area contributed by atoms with Crippen LogP contribution in [-0.4, -0.2) is 33.7 Å². The summed E-state index contributed by atoms with van der Waals surface area (Å²) in [7, 11) is 0. The second-order valence-electron chi connectivity index (χ2n) is 5.97. The molecule has 112 valence electrons. The lowest BCUT2D eigenvalue weighted by atomic mass is 10.2. The highest BCUT2D eigenvalue weighted by Gasteiger charge is 2.15. The maximum absolute atomic E-state index is 12.3. The summed E-state index contributed by atoms with van der Waals surface area (Å²) in [5, 5.41) is 5.56. The van der Waals surface area contributed by atoms with Gasteiger partial charge in [-0.25, -0.2) is 0 Å². The summed E-state index contributed by atoms with van der Waals surface area (Å²) in [6.07, 6.45) is 7.24. The number of nitrogens with zero attached hydrogens (tertiary/aromatic N) is 3. The van der Waals surface area contributed by atoms with Crippen molar-refractivity contribution in [3.8, 4) is 0 Å². The van der Waals surface area contributed by atoms with Gasteiger partial charge in [-0.2, -0.15) is 5.10 Å². The summed E-state index contributed by atoms with van der Waals surface area (Å²) >= 11 is 0. The van der Waals surface area contributed by atoms with Gasteiger partial charge in [-0.05, 0) is 31.4 Å².